The largest absolute Gasteiger partial charge is 0.456 e. The van der Waals surface area contributed by atoms with Gasteiger partial charge in [-0.05, 0) is 60.7 Å². The molecular formula is C54H30N6O4. The van der Waals surface area contributed by atoms with E-state index in [1.54, 1.807) is 0 Å². The molecule has 0 saturated heterocycles. The van der Waals surface area contributed by atoms with Crippen molar-refractivity contribution in [3.8, 4) is 91.3 Å². The van der Waals surface area contributed by atoms with Gasteiger partial charge in [0.15, 0.2) is 57.9 Å². The minimum absolute atomic E-state index is 0.389. The van der Waals surface area contributed by atoms with Gasteiger partial charge in [0.05, 0.1) is 11.1 Å². The van der Waals surface area contributed by atoms with Gasteiger partial charge in [-0.15, -0.1) is 0 Å². The zero-order valence-electron chi connectivity index (χ0n) is 33.6. The van der Waals surface area contributed by atoms with Crippen LogP contribution in [0.3, 0.4) is 0 Å². The van der Waals surface area contributed by atoms with Gasteiger partial charge in [-0.25, -0.2) is 29.9 Å². The lowest BCUT2D eigenvalue weighted by Crippen LogP contribution is -2.07. The number of benzene rings is 8. The molecular weight excluding hydrogens is 797 g/mol. The molecule has 0 fully saturated rings. The highest BCUT2D eigenvalue weighted by Gasteiger charge is 2.30. The molecule has 0 atom stereocenters. The summed E-state index contributed by atoms with van der Waals surface area (Å²) in [6, 6.07) is 59.2. The zero-order chi connectivity index (χ0) is 42.1. The van der Waals surface area contributed by atoms with Crippen LogP contribution in [0, 0.1) is 0 Å². The van der Waals surface area contributed by atoms with E-state index in [0.717, 1.165) is 66.1 Å². The van der Waals surface area contributed by atoms with E-state index in [4.69, 9.17) is 48.2 Å². The van der Waals surface area contributed by atoms with E-state index >= 15 is 0 Å². The first-order valence-corrected chi connectivity index (χ1v) is 20.8. The highest BCUT2D eigenvalue weighted by molar-refractivity contribution is 6.06. The van der Waals surface area contributed by atoms with E-state index in [-0.39, 0.29) is 0 Å². The molecule has 5 heterocycles. The Morgan fingerprint density at radius 3 is 1.08 bits per heavy atom. The van der Waals surface area contributed by atoms with Crippen LogP contribution in [0.5, 0.6) is 23.0 Å². The summed E-state index contributed by atoms with van der Waals surface area (Å²) in [6.45, 7) is 0. The number of rotatable bonds is 6. The highest BCUT2D eigenvalue weighted by Crippen LogP contribution is 2.53. The van der Waals surface area contributed by atoms with Crippen LogP contribution in [0.25, 0.3) is 112 Å². The minimum Gasteiger partial charge on any atom is -0.456 e. The van der Waals surface area contributed by atoms with Crippen molar-refractivity contribution in [3.63, 3.8) is 0 Å². The van der Waals surface area contributed by atoms with E-state index in [1.807, 2.05) is 170 Å². The smallest absolute Gasteiger partial charge is 0.181 e. The normalized spacial score (nSPS) is 12.0. The number of aromatic nitrogens is 6. The molecule has 10 heteroatoms. The third-order valence-corrected chi connectivity index (χ3v) is 11.5. The second-order valence-electron chi connectivity index (χ2n) is 15.4. The van der Waals surface area contributed by atoms with E-state index < -0.39 is 0 Å². The van der Waals surface area contributed by atoms with Gasteiger partial charge in [-0.1, -0.05) is 121 Å². The number of hydrogen-bond donors (Lipinski definition) is 0. The van der Waals surface area contributed by atoms with Gasteiger partial charge in [0.2, 0.25) is 0 Å². The number of ether oxygens (including phenoxy) is 2. The first kappa shape index (κ1) is 35.7. The minimum atomic E-state index is 0.389. The Morgan fingerprint density at radius 2 is 0.625 bits per heavy atom. The molecule has 0 N–H and O–H groups in total. The van der Waals surface area contributed by atoms with Gasteiger partial charge in [0.1, 0.15) is 22.3 Å². The summed E-state index contributed by atoms with van der Waals surface area (Å²) < 4.78 is 26.1. The summed E-state index contributed by atoms with van der Waals surface area (Å²) in [7, 11) is 0. The van der Waals surface area contributed by atoms with Crippen LogP contribution in [0.1, 0.15) is 0 Å². The summed E-state index contributed by atoms with van der Waals surface area (Å²) in [4.78, 5) is 30.4. The fraction of sp³-hybridized carbons (Fsp3) is 0. The molecule has 13 rings (SSSR count). The van der Waals surface area contributed by atoms with Crippen LogP contribution in [0.2, 0.25) is 0 Å². The van der Waals surface area contributed by atoms with Crippen LogP contribution >= 0.6 is 0 Å². The average Bonchev–Trinajstić information content (AvgIpc) is 3.93. The summed E-state index contributed by atoms with van der Waals surface area (Å²) in [5.74, 6) is 4.61. The topological polar surface area (TPSA) is 122 Å². The van der Waals surface area contributed by atoms with Crippen LogP contribution in [0.4, 0.5) is 0 Å². The number of para-hydroxylation sites is 4. The van der Waals surface area contributed by atoms with Crippen molar-refractivity contribution in [2.75, 3.05) is 0 Å². The van der Waals surface area contributed by atoms with Crippen LogP contribution in [-0.2, 0) is 0 Å². The lowest BCUT2D eigenvalue weighted by atomic mass is 10.0. The standard InChI is InChI=1S/C54H30N6O4/c1-3-13-31(14-4-1)49-55-51(33-23-25-37-35-17-7-9-19-41(35)61-45(37)29-33)59-53(57-49)39-27-28-40(48-47(39)63-43-21-11-12-22-44(43)64-48)54-58-50(32-15-5-2-6-16-32)56-52(60-54)34-24-26-38-36-18-8-10-20-42(36)62-46(38)30-34/h1-30H. The second kappa shape index (κ2) is 14.3. The lowest BCUT2D eigenvalue weighted by molar-refractivity contribution is 0.361. The Kier molecular flexibility index (Phi) is 7.97. The maximum Gasteiger partial charge on any atom is 0.181 e. The van der Waals surface area contributed by atoms with Crippen molar-refractivity contribution in [1.29, 1.82) is 0 Å². The molecule has 10 nitrogen and oxygen atoms in total. The van der Waals surface area contributed by atoms with Crippen LogP contribution < -0.4 is 9.47 Å². The Labute approximate surface area is 364 Å². The van der Waals surface area contributed by atoms with Gasteiger partial charge in [0, 0.05) is 43.8 Å². The van der Waals surface area contributed by atoms with Crippen molar-refractivity contribution >= 4 is 43.9 Å². The fourth-order valence-electron chi connectivity index (χ4n) is 8.37. The Bertz CT molecular complexity index is 3560. The van der Waals surface area contributed by atoms with Crippen LogP contribution in [0.15, 0.2) is 191 Å². The average molecular weight is 827 g/mol. The predicted octanol–water partition coefficient (Wildman–Crippen LogP) is 13.8. The molecule has 0 unspecified atom stereocenters. The molecule has 4 aromatic heterocycles. The number of hydrogen-bond acceptors (Lipinski definition) is 10. The monoisotopic (exact) mass is 826 g/mol. The Morgan fingerprint density at radius 1 is 0.266 bits per heavy atom. The SMILES string of the molecule is c1ccc(-c2nc(-c3ccc4c(c3)oc3ccccc34)nc(-c3ccc(-c4nc(-c5ccccc5)nc(-c5ccc6c(c5)oc5ccccc56)n4)c4c3Oc3ccccc3O4)n2)cc1. The maximum atomic E-state index is 6.79. The highest BCUT2D eigenvalue weighted by atomic mass is 16.6. The quantitative estimate of drug-likeness (QED) is 0.160. The summed E-state index contributed by atoms with van der Waals surface area (Å²) in [6.07, 6.45) is 0. The molecule has 0 spiro atoms. The molecule has 0 amide bonds. The van der Waals surface area contributed by atoms with E-state index in [0.29, 0.717) is 69.1 Å². The maximum absolute atomic E-state index is 6.79. The Hall–Kier alpha value is -9.02. The molecule has 64 heavy (non-hydrogen) atoms. The van der Waals surface area contributed by atoms with Crippen molar-refractivity contribution in [1.82, 2.24) is 29.9 Å². The molecule has 0 saturated carbocycles. The molecule has 8 aromatic carbocycles. The molecule has 0 radical (unpaired) electrons. The second-order valence-corrected chi connectivity index (χ2v) is 15.4. The van der Waals surface area contributed by atoms with Crippen molar-refractivity contribution < 1.29 is 18.3 Å². The molecule has 1 aliphatic heterocycles. The van der Waals surface area contributed by atoms with E-state index in [1.165, 1.54) is 0 Å². The first-order valence-electron chi connectivity index (χ1n) is 20.8. The third-order valence-electron chi connectivity index (χ3n) is 11.5. The third kappa shape index (κ3) is 5.96. The molecule has 0 bridgehead atoms. The molecule has 12 aromatic rings. The molecule has 1 aliphatic rings. The number of nitrogens with zero attached hydrogens (tertiary/aromatic N) is 6. The Balaban J connectivity index is 1.00. The summed E-state index contributed by atoms with van der Waals surface area (Å²) in [5.41, 5.74) is 7.48. The lowest BCUT2D eigenvalue weighted by Gasteiger charge is -2.24. The number of fused-ring (bicyclic) bond motifs is 8. The first-order chi connectivity index (χ1) is 31.7. The predicted molar refractivity (Wildman–Crippen MR) is 247 cm³/mol. The van der Waals surface area contributed by atoms with E-state index in [9.17, 15) is 0 Å². The molecule has 300 valence electrons. The van der Waals surface area contributed by atoms with Gasteiger partial charge in [0.25, 0.3) is 0 Å². The van der Waals surface area contributed by atoms with Crippen LogP contribution in [-0.4, -0.2) is 29.9 Å². The molecule has 0 aliphatic carbocycles. The van der Waals surface area contributed by atoms with Gasteiger partial charge in [-0.3, -0.25) is 0 Å². The van der Waals surface area contributed by atoms with Crippen molar-refractivity contribution in [2.24, 2.45) is 0 Å². The summed E-state index contributed by atoms with van der Waals surface area (Å²) in [5, 5.41) is 4.11. The van der Waals surface area contributed by atoms with Gasteiger partial charge in [-0.2, -0.15) is 0 Å². The van der Waals surface area contributed by atoms with Crippen molar-refractivity contribution in [2.45, 2.75) is 0 Å². The fourth-order valence-corrected chi connectivity index (χ4v) is 8.37. The summed E-state index contributed by atoms with van der Waals surface area (Å²) >= 11 is 0. The van der Waals surface area contributed by atoms with Gasteiger partial charge >= 0.3 is 0 Å². The number of furan rings is 2. The van der Waals surface area contributed by atoms with Gasteiger partial charge < -0.3 is 18.3 Å². The zero-order valence-corrected chi connectivity index (χ0v) is 33.6. The van der Waals surface area contributed by atoms with Crippen molar-refractivity contribution in [3.05, 3.63) is 182 Å². The van der Waals surface area contributed by atoms with E-state index in [2.05, 4.69) is 12.1 Å².